The van der Waals surface area contributed by atoms with Crippen LogP contribution in [0.5, 0.6) is 0 Å². The molecule has 52 heavy (non-hydrogen) atoms. The highest BCUT2D eigenvalue weighted by Crippen LogP contribution is 2.76. The summed E-state index contributed by atoms with van der Waals surface area (Å²) in [6.45, 7) is 14.1. The molecule has 10 nitrogen and oxygen atoms in total. The van der Waals surface area contributed by atoms with Gasteiger partial charge in [-0.15, -0.1) is 0 Å². The predicted molar refractivity (Wildman–Crippen MR) is 194 cm³/mol. The topological polar surface area (TPSA) is 164 Å². The van der Waals surface area contributed by atoms with Gasteiger partial charge in [0.2, 0.25) is 0 Å². The Bertz CT molecular complexity index is 1450. The maximum absolute atomic E-state index is 13.2. The standard InChI is InChI=1S/C42H64O10/c1-37(2)21-23-42(36(49)50)24-22-40(5)27(28(42)25-37)15-16-30-38(3)19-18-31(52-35(48)14-10-8-12-33(45)46)39(4,29(38)17-20-41(30,40)6)26-51-34(47)13-9-7-11-32(43)44/h15,28-31H,7-14,16-26H2,1-6H3,(H,43,44)(H,45,46)(H,49,50)/t28-,29?,30?,31-,38-,39-,40+,41+,42-/m0/s1. The average Bonchev–Trinajstić information content (AvgIpc) is 3.05. The number of ether oxygens (including phenoxy) is 2. The number of carbonyl (C=O) groups is 5. The first-order valence-corrected chi connectivity index (χ1v) is 20.0. The molecule has 4 fully saturated rings. The van der Waals surface area contributed by atoms with Crippen LogP contribution in [0, 0.1) is 50.2 Å². The van der Waals surface area contributed by atoms with Crippen LogP contribution in [-0.4, -0.2) is 57.9 Å². The van der Waals surface area contributed by atoms with Gasteiger partial charge in [0.15, 0.2) is 0 Å². The van der Waals surface area contributed by atoms with Crippen LogP contribution in [0.2, 0.25) is 0 Å². The number of esters is 2. The lowest BCUT2D eigenvalue weighted by Crippen LogP contribution is -2.66. The predicted octanol–water partition coefficient (Wildman–Crippen LogP) is 8.60. The molecule has 0 radical (unpaired) electrons. The molecule has 0 aromatic rings. The van der Waals surface area contributed by atoms with Gasteiger partial charge >= 0.3 is 29.8 Å². The Balaban J connectivity index is 1.42. The van der Waals surface area contributed by atoms with Crippen LogP contribution >= 0.6 is 0 Å². The second-order valence-corrected chi connectivity index (χ2v) is 19.1. The van der Waals surface area contributed by atoms with Gasteiger partial charge in [0, 0.05) is 31.1 Å². The first kappa shape index (κ1) is 40.3. The number of carbonyl (C=O) groups excluding carboxylic acids is 2. The molecule has 0 aromatic carbocycles. The highest BCUT2D eigenvalue weighted by molar-refractivity contribution is 5.77. The molecular formula is C42H64O10. The average molecular weight is 729 g/mol. The van der Waals surface area contributed by atoms with Crippen LogP contribution in [0.1, 0.15) is 157 Å². The van der Waals surface area contributed by atoms with Gasteiger partial charge in [-0.3, -0.25) is 24.0 Å². The van der Waals surface area contributed by atoms with Gasteiger partial charge < -0.3 is 24.8 Å². The smallest absolute Gasteiger partial charge is 0.310 e. The molecule has 10 heteroatoms. The van der Waals surface area contributed by atoms with Crippen molar-refractivity contribution < 1.29 is 48.8 Å². The van der Waals surface area contributed by atoms with E-state index in [2.05, 4.69) is 47.6 Å². The third-order valence-electron chi connectivity index (χ3n) is 15.7. The molecule has 0 heterocycles. The van der Waals surface area contributed by atoms with Crippen molar-refractivity contribution in [3.05, 3.63) is 11.6 Å². The van der Waals surface area contributed by atoms with Gasteiger partial charge in [-0.05, 0) is 129 Å². The molecule has 0 saturated heterocycles. The zero-order valence-electron chi connectivity index (χ0n) is 32.5. The first-order chi connectivity index (χ1) is 24.2. The quantitative estimate of drug-likeness (QED) is 0.0896. The number of carboxylic acid groups (broad SMARTS) is 3. The Morgan fingerprint density at radius 2 is 1.31 bits per heavy atom. The largest absolute Gasteiger partial charge is 0.481 e. The van der Waals surface area contributed by atoms with Crippen LogP contribution in [0.4, 0.5) is 0 Å². The minimum atomic E-state index is -0.894. The Labute approximate surface area is 309 Å². The van der Waals surface area contributed by atoms with E-state index in [1.165, 1.54) is 5.57 Å². The van der Waals surface area contributed by atoms with Crippen molar-refractivity contribution in [3.8, 4) is 0 Å². The molecule has 0 spiro atoms. The lowest BCUT2D eigenvalue weighted by Gasteiger charge is -2.71. The number of unbranched alkanes of at least 4 members (excludes halogenated alkanes) is 2. The number of allylic oxidation sites excluding steroid dienone is 2. The van der Waals surface area contributed by atoms with Crippen molar-refractivity contribution in [2.75, 3.05) is 6.61 Å². The summed E-state index contributed by atoms with van der Waals surface area (Å²) in [5.74, 6) is -2.74. The van der Waals surface area contributed by atoms with Crippen LogP contribution in [-0.2, 0) is 33.4 Å². The Morgan fingerprint density at radius 1 is 0.712 bits per heavy atom. The van der Waals surface area contributed by atoms with E-state index in [-0.39, 0.29) is 77.7 Å². The van der Waals surface area contributed by atoms with E-state index in [1.54, 1.807) is 0 Å². The van der Waals surface area contributed by atoms with E-state index in [1.807, 2.05) is 0 Å². The maximum Gasteiger partial charge on any atom is 0.310 e. The number of rotatable bonds is 14. The molecule has 3 N–H and O–H groups in total. The minimum absolute atomic E-state index is 0.000943. The van der Waals surface area contributed by atoms with Crippen molar-refractivity contribution in [1.82, 2.24) is 0 Å². The minimum Gasteiger partial charge on any atom is -0.481 e. The van der Waals surface area contributed by atoms with Gasteiger partial charge in [-0.25, -0.2) is 0 Å². The van der Waals surface area contributed by atoms with Gasteiger partial charge in [0.25, 0.3) is 0 Å². The summed E-state index contributed by atoms with van der Waals surface area (Å²) < 4.78 is 12.2. The van der Waals surface area contributed by atoms with E-state index in [0.717, 1.165) is 51.4 Å². The van der Waals surface area contributed by atoms with E-state index < -0.39 is 34.8 Å². The Kier molecular flexibility index (Phi) is 11.4. The summed E-state index contributed by atoms with van der Waals surface area (Å²) in [7, 11) is 0. The summed E-state index contributed by atoms with van der Waals surface area (Å²) in [5, 5.41) is 28.7. The monoisotopic (exact) mass is 728 g/mol. The number of fused-ring (bicyclic) bond motifs is 7. The molecule has 0 bridgehead atoms. The van der Waals surface area contributed by atoms with Crippen molar-refractivity contribution in [1.29, 1.82) is 0 Å². The summed E-state index contributed by atoms with van der Waals surface area (Å²) in [5.41, 5.74) is -0.255. The second-order valence-electron chi connectivity index (χ2n) is 19.1. The molecule has 2 unspecified atom stereocenters. The number of hydrogen-bond donors (Lipinski definition) is 3. The first-order valence-electron chi connectivity index (χ1n) is 20.0. The normalized spacial score (nSPS) is 39.0. The van der Waals surface area contributed by atoms with Gasteiger partial charge in [-0.2, -0.15) is 0 Å². The van der Waals surface area contributed by atoms with Crippen molar-refractivity contribution in [2.45, 2.75) is 163 Å². The van der Waals surface area contributed by atoms with E-state index in [4.69, 9.17) is 19.7 Å². The van der Waals surface area contributed by atoms with E-state index in [0.29, 0.717) is 44.4 Å². The summed E-state index contributed by atoms with van der Waals surface area (Å²) in [6, 6.07) is 0. The maximum atomic E-state index is 13.2. The van der Waals surface area contributed by atoms with E-state index in [9.17, 15) is 29.1 Å². The summed E-state index contributed by atoms with van der Waals surface area (Å²) in [6.07, 6.45) is 12.1. The third kappa shape index (κ3) is 7.17. The SMILES string of the molecule is CC1(C)CC[C@]2(C(=O)O)CC[C@]3(C)C(=CCC4[C@@]5(C)CC[C@H](OC(=O)CCCCC(=O)O)[C@@](C)(COC(=O)CCCCC(=O)O)C5CC[C@]43C)[C@@H]2C1. The van der Waals surface area contributed by atoms with Crippen molar-refractivity contribution in [3.63, 3.8) is 0 Å². The molecule has 4 saturated carbocycles. The van der Waals surface area contributed by atoms with Crippen LogP contribution < -0.4 is 0 Å². The third-order valence-corrected chi connectivity index (χ3v) is 15.7. The van der Waals surface area contributed by atoms with Crippen LogP contribution in [0.3, 0.4) is 0 Å². The molecule has 5 aliphatic rings. The van der Waals surface area contributed by atoms with Gasteiger partial charge in [0.05, 0.1) is 5.41 Å². The molecule has 0 amide bonds. The molecule has 0 aromatic heterocycles. The van der Waals surface area contributed by atoms with Crippen molar-refractivity contribution >= 4 is 29.8 Å². The fourth-order valence-electron chi connectivity index (χ4n) is 12.4. The molecule has 9 atom stereocenters. The second kappa shape index (κ2) is 14.7. The number of carboxylic acids is 3. The highest BCUT2D eigenvalue weighted by Gasteiger charge is 2.70. The molecule has 292 valence electrons. The molecule has 5 rings (SSSR count). The fourth-order valence-corrected chi connectivity index (χ4v) is 12.4. The van der Waals surface area contributed by atoms with Crippen LogP contribution in [0.25, 0.3) is 0 Å². The Morgan fingerprint density at radius 3 is 1.92 bits per heavy atom. The Hall–Kier alpha value is -2.91. The molecule has 5 aliphatic carbocycles. The fraction of sp³-hybridized carbons (Fsp3) is 0.833. The van der Waals surface area contributed by atoms with Gasteiger partial charge in [-0.1, -0.05) is 53.2 Å². The van der Waals surface area contributed by atoms with E-state index >= 15 is 0 Å². The number of hydrogen-bond acceptors (Lipinski definition) is 7. The number of aliphatic carboxylic acids is 3. The van der Waals surface area contributed by atoms with Crippen LogP contribution in [0.15, 0.2) is 11.6 Å². The van der Waals surface area contributed by atoms with Crippen molar-refractivity contribution in [2.24, 2.45) is 50.2 Å². The van der Waals surface area contributed by atoms with Gasteiger partial charge in [0.1, 0.15) is 12.7 Å². The molecule has 0 aliphatic heterocycles. The zero-order valence-corrected chi connectivity index (χ0v) is 32.5. The highest BCUT2D eigenvalue weighted by atomic mass is 16.6. The summed E-state index contributed by atoms with van der Waals surface area (Å²) in [4.78, 5) is 61.2. The lowest BCUT2D eigenvalue weighted by atomic mass is 9.33. The lowest BCUT2D eigenvalue weighted by molar-refractivity contribution is -0.227. The zero-order chi connectivity index (χ0) is 38.3. The summed E-state index contributed by atoms with van der Waals surface area (Å²) >= 11 is 0. The molecular weight excluding hydrogens is 664 g/mol.